The summed E-state index contributed by atoms with van der Waals surface area (Å²) in [5.41, 5.74) is -0.353. The van der Waals surface area contributed by atoms with Gasteiger partial charge in [-0.2, -0.15) is 0 Å². The first-order chi connectivity index (χ1) is 14.1. The highest BCUT2D eigenvalue weighted by molar-refractivity contribution is 7.10. The molecule has 1 saturated heterocycles. The number of hydrogen-bond donors (Lipinski definition) is 2. The number of fused-ring (bicyclic) bond motifs is 1. The zero-order valence-corrected chi connectivity index (χ0v) is 16.9. The molecule has 0 radical (unpaired) electrons. The van der Waals surface area contributed by atoms with E-state index < -0.39 is 11.2 Å². The van der Waals surface area contributed by atoms with Gasteiger partial charge in [0.2, 0.25) is 5.91 Å². The molecule has 2 N–H and O–H groups in total. The van der Waals surface area contributed by atoms with Crippen LogP contribution in [0.1, 0.15) is 30.2 Å². The van der Waals surface area contributed by atoms with Crippen molar-refractivity contribution in [1.82, 2.24) is 19.8 Å². The molecular formula is C21H24N4O3S. The molecule has 1 aromatic carbocycles. The Morgan fingerprint density at radius 2 is 1.93 bits per heavy atom. The molecule has 4 rings (SSSR count). The summed E-state index contributed by atoms with van der Waals surface area (Å²) in [6.45, 7) is 2.88. The normalized spacial score (nSPS) is 15.6. The molecule has 0 aliphatic carbocycles. The quantitative estimate of drug-likeness (QED) is 0.622. The number of rotatable bonds is 7. The van der Waals surface area contributed by atoms with E-state index in [0.717, 1.165) is 13.1 Å². The van der Waals surface area contributed by atoms with Gasteiger partial charge in [-0.05, 0) is 49.5 Å². The highest BCUT2D eigenvalue weighted by Gasteiger charge is 2.24. The van der Waals surface area contributed by atoms with Crippen LogP contribution < -0.4 is 16.6 Å². The predicted molar refractivity (Wildman–Crippen MR) is 114 cm³/mol. The molecule has 1 aliphatic heterocycles. The lowest BCUT2D eigenvalue weighted by Gasteiger charge is -2.27. The van der Waals surface area contributed by atoms with Gasteiger partial charge in [0.25, 0.3) is 5.56 Å². The second-order valence-corrected chi connectivity index (χ2v) is 8.24. The number of carbonyl (C=O) groups is 1. The Bertz CT molecular complexity index is 1100. The van der Waals surface area contributed by atoms with Crippen molar-refractivity contribution in [2.45, 2.75) is 31.8 Å². The molecular weight excluding hydrogens is 388 g/mol. The monoisotopic (exact) mass is 412 g/mol. The summed E-state index contributed by atoms with van der Waals surface area (Å²) >= 11 is 1.71. The number of benzene rings is 1. The topological polar surface area (TPSA) is 87.2 Å². The number of hydrogen-bond acceptors (Lipinski definition) is 5. The number of likely N-dealkylation sites (tertiary alicyclic amines) is 1. The molecule has 0 unspecified atom stereocenters. The maximum Gasteiger partial charge on any atom is 0.328 e. The van der Waals surface area contributed by atoms with Crippen LogP contribution in [0.5, 0.6) is 0 Å². The minimum absolute atomic E-state index is 0.104. The van der Waals surface area contributed by atoms with Crippen LogP contribution >= 0.6 is 11.3 Å². The summed E-state index contributed by atoms with van der Waals surface area (Å²) < 4.78 is 1.45. The number of H-pyrrole nitrogens is 1. The standard InChI is InChI=1S/C21H24N4O3S/c26-19(22-14-17(18-8-5-13-29-18)24-10-3-4-11-24)9-12-25-16-7-2-1-6-15(16)20(27)23-21(25)28/h1-2,5-8,13,17H,3-4,9-12,14H2,(H,22,26)(H,23,27,28)/t17-/m1/s1. The Balaban J connectivity index is 1.42. The minimum atomic E-state index is -0.491. The minimum Gasteiger partial charge on any atom is -0.354 e. The van der Waals surface area contributed by atoms with Crippen molar-refractivity contribution in [2.75, 3.05) is 19.6 Å². The molecule has 0 saturated carbocycles. The van der Waals surface area contributed by atoms with Crippen LogP contribution in [0, 0.1) is 0 Å². The fraction of sp³-hybridized carbons (Fsp3) is 0.381. The van der Waals surface area contributed by atoms with Crippen molar-refractivity contribution in [1.29, 1.82) is 0 Å². The summed E-state index contributed by atoms with van der Waals surface area (Å²) in [7, 11) is 0. The number of nitrogens with one attached hydrogen (secondary N) is 2. The number of amides is 1. The van der Waals surface area contributed by atoms with Crippen LogP contribution in [0.2, 0.25) is 0 Å². The zero-order chi connectivity index (χ0) is 20.2. The maximum atomic E-state index is 12.5. The molecule has 1 fully saturated rings. The fourth-order valence-electron chi connectivity index (χ4n) is 3.92. The van der Waals surface area contributed by atoms with Gasteiger partial charge in [-0.15, -0.1) is 11.3 Å². The van der Waals surface area contributed by atoms with Crippen LogP contribution in [-0.4, -0.2) is 40.0 Å². The van der Waals surface area contributed by atoms with Gasteiger partial charge in [0, 0.05) is 24.4 Å². The first kappa shape index (κ1) is 19.6. The largest absolute Gasteiger partial charge is 0.354 e. The van der Waals surface area contributed by atoms with Crippen LogP contribution in [-0.2, 0) is 11.3 Å². The number of thiophene rings is 1. The van der Waals surface area contributed by atoms with E-state index in [9.17, 15) is 14.4 Å². The Morgan fingerprint density at radius 3 is 2.69 bits per heavy atom. The third kappa shape index (κ3) is 4.33. The number of aromatic amines is 1. The molecule has 8 heteroatoms. The molecule has 1 atom stereocenters. The molecule has 1 amide bonds. The Labute approximate surface area is 172 Å². The van der Waals surface area contributed by atoms with E-state index in [1.165, 1.54) is 22.3 Å². The van der Waals surface area contributed by atoms with E-state index in [4.69, 9.17) is 0 Å². The van der Waals surface area contributed by atoms with Crippen LogP contribution in [0.25, 0.3) is 10.9 Å². The van der Waals surface area contributed by atoms with Gasteiger partial charge in [0.05, 0.1) is 16.9 Å². The van der Waals surface area contributed by atoms with Crippen molar-refractivity contribution >= 4 is 28.1 Å². The van der Waals surface area contributed by atoms with Crippen LogP contribution in [0.15, 0.2) is 51.4 Å². The molecule has 0 bridgehead atoms. The number of aryl methyl sites for hydroxylation is 1. The number of carbonyl (C=O) groups excluding carboxylic acids is 1. The van der Waals surface area contributed by atoms with E-state index in [1.807, 2.05) is 6.07 Å². The SMILES string of the molecule is O=C(CCn1c(=O)[nH]c(=O)c2ccccc21)NC[C@H](c1cccs1)N1CCCC1. The van der Waals surface area contributed by atoms with Gasteiger partial charge < -0.3 is 5.32 Å². The molecule has 2 aromatic heterocycles. The highest BCUT2D eigenvalue weighted by atomic mass is 32.1. The summed E-state index contributed by atoms with van der Waals surface area (Å²) in [6, 6.07) is 11.3. The van der Waals surface area contributed by atoms with E-state index >= 15 is 0 Å². The van der Waals surface area contributed by atoms with Crippen LogP contribution in [0.3, 0.4) is 0 Å². The Hall–Kier alpha value is -2.71. The second kappa shape index (κ2) is 8.75. The summed E-state index contributed by atoms with van der Waals surface area (Å²) in [5, 5.41) is 5.54. The van der Waals surface area contributed by atoms with Gasteiger partial charge in [-0.25, -0.2) is 4.79 Å². The van der Waals surface area contributed by atoms with Crippen LogP contribution in [0.4, 0.5) is 0 Å². The molecule has 3 heterocycles. The van der Waals surface area contributed by atoms with Gasteiger partial charge in [-0.1, -0.05) is 18.2 Å². The first-order valence-electron chi connectivity index (χ1n) is 9.89. The zero-order valence-electron chi connectivity index (χ0n) is 16.1. The maximum absolute atomic E-state index is 12.5. The van der Waals surface area contributed by atoms with E-state index in [0.29, 0.717) is 17.4 Å². The van der Waals surface area contributed by atoms with E-state index in [2.05, 4.69) is 26.6 Å². The molecule has 7 nitrogen and oxygen atoms in total. The predicted octanol–water partition coefficient (Wildman–Crippen LogP) is 2.09. The van der Waals surface area contributed by atoms with Crippen molar-refractivity contribution in [3.63, 3.8) is 0 Å². The average Bonchev–Trinajstić information content (AvgIpc) is 3.43. The van der Waals surface area contributed by atoms with Gasteiger partial charge >= 0.3 is 5.69 Å². The highest BCUT2D eigenvalue weighted by Crippen LogP contribution is 2.27. The fourth-order valence-corrected chi connectivity index (χ4v) is 4.78. The third-order valence-corrected chi connectivity index (χ3v) is 6.39. The smallest absolute Gasteiger partial charge is 0.328 e. The van der Waals surface area contributed by atoms with Crippen molar-refractivity contribution in [2.24, 2.45) is 0 Å². The van der Waals surface area contributed by atoms with Crippen molar-refractivity contribution < 1.29 is 4.79 Å². The molecule has 0 spiro atoms. The first-order valence-corrected chi connectivity index (χ1v) is 10.8. The summed E-state index contributed by atoms with van der Waals surface area (Å²) in [6.07, 6.45) is 2.56. The molecule has 3 aromatic rings. The summed E-state index contributed by atoms with van der Waals surface area (Å²) in [5.74, 6) is -0.104. The number of para-hydroxylation sites is 1. The lowest BCUT2D eigenvalue weighted by Crippen LogP contribution is -2.37. The average molecular weight is 413 g/mol. The van der Waals surface area contributed by atoms with Gasteiger partial charge in [0.15, 0.2) is 0 Å². The van der Waals surface area contributed by atoms with Crippen molar-refractivity contribution in [3.8, 4) is 0 Å². The van der Waals surface area contributed by atoms with E-state index in [1.54, 1.807) is 35.6 Å². The number of nitrogens with zero attached hydrogens (tertiary/aromatic N) is 2. The molecule has 1 aliphatic rings. The Kier molecular flexibility index (Phi) is 5.92. The lowest BCUT2D eigenvalue weighted by atomic mass is 10.2. The van der Waals surface area contributed by atoms with E-state index in [-0.39, 0.29) is 24.9 Å². The Morgan fingerprint density at radius 1 is 1.14 bits per heavy atom. The molecule has 29 heavy (non-hydrogen) atoms. The molecule has 152 valence electrons. The van der Waals surface area contributed by atoms with Gasteiger partial charge in [0.1, 0.15) is 0 Å². The summed E-state index contributed by atoms with van der Waals surface area (Å²) in [4.78, 5) is 42.7. The lowest BCUT2D eigenvalue weighted by molar-refractivity contribution is -0.121. The third-order valence-electron chi connectivity index (χ3n) is 5.41. The van der Waals surface area contributed by atoms with Gasteiger partial charge in [-0.3, -0.25) is 24.0 Å². The second-order valence-electron chi connectivity index (χ2n) is 7.26. The van der Waals surface area contributed by atoms with Crippen molar-refractivity contribution in [3.05, 3.63) is 67.5 Å². The number of aromatic nitrogens is 2.